The third kappa shape index (κ3) is 6.05. The van der Waals surface area contributed by atoms with Crippen LogP contribution in [0.5, 0.6) is 0 Å². The van der Waals surface area contributed by atoms with E-state index in [2.05, 4.69) is 34.5 Å². The number of halogens is 3. The van der Waals surface area contributed by atoms with Crippen molar-refractivity contribution >= 4 is 11.7 Å². The maximum absolute atomic E-state index is 13.0. The summed E-state index contributed by atoms with van der Waals surface area (Å²) in [4.78, 5) is 27.6. The van der Waals surface area contributed by atoms with Crippen LogP contribution in [0.15, 0.2) is 48.5 Å². The van der Waals surface area contributed by atoms with Crippen molar-refractivity contribution in [1.82, 2.24) is 10.2 Å². The third-order valence-corrected chi connectivity index (χ3v) is 8.47. The Morgan fingerprint density at radius 1 is 1.10 bits per heavy atom. The zero-order valence-electron chi connectivity index (χ0n) is 22.1. The summed E-state index contributed by atoms with van der Waals surface area (Å²) in [6, 6.07) is 13.1. The largest absolute Gasteiger partial charge is 0.416 e. The smallest absolute Gasteiger partial charge is 0.377 e. The second kappa shape index (κ2) is 11.4. The molecule has 6 nitrogen and oxygen atoms in total. The Bertz CT molecular complexity index is 1190. The fourth-order valence-electron chi connectivity index (χ4n) is 6.48. The first-order valence-electron chi connectivity index (χ1n) is 13.7. The highest BCUT2D eigenvalue weighted by Crippen LogP contribution is 2.48. The fourth-order valence-corrected chi connectivity index (χ4v) is 6.48. The monoisotopic (exact) mass is 544 g/mol. The molecule has 3 aliphatic rings. The van der Waals surface area contributed by atoms with Crippen LogP contribution in [0.4, 0.5) is 13.2 Å². The lowest BCUT2D eigenvalue weighted by molar-refractivity contribution is -0.137. The van der Waals surface area contributed by atoms with Gasteiger partial charge in [-0.15, -0.1) is 0 Å². The molecule has 1 aliphatic carbocycles. The zero-order chi connectivity index (χ0) is 27.6. The van der Waals surface area contributed by atoms with Gasteiger partial charge in [-0.2, -0.15) is 13.2 Å². The maximum atomic E-state index is 13.0. The Kier molecular flexibility index (Phi) is 8.12. The number of hydrogen-bond acceptors (Lipinski definition) is 5. The third-order valence-electron chi connectivity index (χ3n) is 8.47. The van der Waals surface area contributed by atoms with Crippen molar-refractivity contribution in [2.45, 2.75) is 69.6 Å². The van der Waals surface area contributed by atoms with Gasteiger partial charge in [0.1, 0.15) is 0 Å². The van der Waals surface area contributed by atoms with Gasteiger partial charge in [-0.05, 0) is 61.9 Å². The topological polar surface area (TPSA) is 67.9 Å². The van der Waals surface area contributed by atoms with E-state index >= 15 is 0 Å². The van der Waals surface area contributed by atoms with E-state index in [1.807, 2.05) is 6.92 Å². The highest BCUT2D eigenvalue weighted by atomic mass is 19.4. The molecule has 2 atom stereocenters. The molecule has 39 heavy (non-hydrogen) atoms. The lowest BCUT2D eigenvalue weighted by Gasteiger charge is -2.40. The van der Waals surface area contributed by atoms with Crippen molar-refractivity contribution < 1.29 is 32.2 Å². The van der Waals surface area contributed by atoms with Crippen LogP contribution in [0.2, 0.25) is 0 Å². The first-order valence-corrected chi connectivity index (χ1v) is 13.7. The first-order chi connectivity index (χ1) is 18.7. The van der Waals surface area contributed by atoms with E-state index in [9.17, 15) is 22.8 Å². The molecule has 5 rings (SSSR count). The summed E-state index contributed by atoms with van der Waals surface area (Å²) >= 11 is 0. The van der Waals surface area contributed by atoms with Gasteiger partial charge in [-0.25, -0.2) is 0 Å². The SMILES string of the molecule is CCO[C@H]1CN(C2CCC3(CC2)OCc2ccccc23)C[C@@H]1CC(=O)CNC(=O)c1cccc(C(F)(F)F)c1. The number of carbonyl (C=O) groups is 2. The average molecular weight is 545 g/mol. The van der Waals surface area contributed by atoms with Gasteiger partial charge < -0.3 is 14.8 Å². The molecule has 0 radical (unpaired) electrons. The molecular weight excluding hydrogens is 509 g/mol. The number of Topliss-reactive ketones (excluding diaryl/α,β-unsaturated/α-hetero) is 1. The van der Waals surface area contributed by atoms with Gasteiger partial charge in [0.05, 0.1) is 30.4 Å². The standard InChI is InChI=1S/C30H35F3N2O4/c1-2-38-27-18-35(24-10-12-29(13-11-24)26-9-4-3-6-21(26)19-39-29)17-22(27)15-25(36)16-34-28(37)20-7-5-8-23(14-20)30(31,32)33/h3-9,14,22,24,27H,2,10-13,15-19H2,1H3,(H,34,37)/t22-,24?,27-,29?/m0/s1. The van der Waals surface area contributed by atoms with Gasteiger partial charge in [0, 0.05) is 43.6 Å². The van der Waals surface area contributed by atoms with Gasteiger partial charge in [0.2, 0.25) is 0 Å². The van der Waals surface area contributed by atoms with E-state index < -0.39 is 17.6 Å². The van der Waals surface area contributed by atoms with Crippen LogP contribution in [0.1, 0.15) is 66.1 Å². The lowest BCUT2D eigenvalue weighted by Crippen LogP contribution is -2.42. The van der Waals surface area contributed by atoms with Crippen molar-refractivity contribution in [2.24, 2.45) is 5.92 Å². The number of ether oxygens (including phenoxy) is 2. The summed E-state index contributed by atoms with van der Waals surface area (Å²) in [7, 11) is 0. The van der Waals surface area contributed by atoms with E-state index in [1.54, 1.807) is 0 Å². The van der Waals surface area contributed by atoms with Crippen molar-refractivity contribution in [3.63, 3.8) is 0 Å². The molecule has 1 saturated heterocycles. The zero-order valence-corrected chi connectivity index (χ0v) is 22.1. The molecule has 1 amide bonds. The Labute approximate surface area is 226 Å². The number of nitrogens with zero attached hydrogens (tertiary/aromatic N) is 1. The van der Waals surface area contributed by atoms with Crippen molar-refractivity contribution in [3.05, 3.63) is 70.8 Å². The second-order valence-electron chi connectivity index (χ2n) is 10.9. The first kappa shape index (κ1) is 27.8. The highest BCUT2D eigenvalue weighted by molar-refractivity contribution is 5.96. The number of rotatable bonds is 8. The van der Waals surface area contributed by atoms with Crippen LogP contribution >= 0.6 is 0 Å². The molecule has 9 heteroatoms. The van der Waals surface area contributed by atoms with E-state index in [1.165, 1.54) is 23.3 Å². The fraction of sp³-hybridized carbons (Fsp3) is 0.533. The van der Waals surface area contributed by atoms with Crippen molar-refractivity contribution in [1.29, 1.82) is 0 Å². The summed E-state index contributed by atoms with van der Waals surface area (Å²) in [5.41, 5.74) is 1.41. The van der Waals surface area contributed by atoms with E-state index in [4.69, 9.17) is 9.47 Å². The summed E-state index contributed by atoms with van der Waals surface area (Å²) in [6.45, 7) is 4.44. The number of ketones is 1. The molecule has 2 fully saturated rings. The van der Waals surface area contributed by atoms with Crippen LogP contribution in [-0.2, 0) is 32.7 Å². The number of carbonyl (C=O) groups excluding carboxylic acids is 2. The van der Waals surface area contributed by atoms with Crippen LogP contribution in [0.25, 0.3) is 0 Å². The molecular formula is C30H35F3N2O4. The van der Waals surface area contributed by atoms with Gasteiger partial charge in [0.15, 0.2) is 5.78 Å². The predicted molar refractivity (Wildman–Crippen MR) is 139 cm³/mol. The van der Waals surface area contributed by atoms with Crippen LogP contribution in [-0.4, -0.2) is 55.0 Å². The summed E-state index contributed by atoms with van der Waals surface area (Å²) in [6.07, 6.45) is -0.399. The molecule has 2 aromatic rings. The minimum Gasteiger partial charge on any atom is -0.377 e. The van der Waals surface area contributed by atoms with Gasteiger partial charge in [0.25, 0.3) is 5.91 Å². The maximum Gasteiger partial charge on any atom is 0.416 e. The molecule has 0 bridgehead atoms. The quantitative estimate of drug-likeness (QED) is 0.501. The summed E-state index contributed by atoms with van der Waals surface area (Å²) < 4.78 is 51.2. The number of nitrogens with one attached hydrogen (secondary N) is 1. The molecule has 210 valence electrons. The lowest BCUT2D eigenvalue weighted by atomic mass is 9.77. The number of likely N-dealkylation sites (tertiary alicyclic amines) is 1. The number of hydrogen-bond donors (Lipinski definition) is 1. The summed E-state index contributed by atoms with van der Waals surface area (Å²) in [5, 5.41) is 2.48. The van der Waals surface area contributed by atoms with Crippen LogP contribution in [0, 0.1) is 5.92 Å². The number of alkyl halides is 3. The minimum absolute atomic E-state index is 0.00209. The highest BCUT2D eigenvalue weighted by Gasteiger charge is 2.46. The normalized spacial score (nSPS) is 27.0. The molecule has 0 aromatic heterocycles. The molecule has 2 aliphatic heterocycles. The van der Waals surface area contributed by atoms with Gasteiger partial charge in [-0.1, -0.05) is 30.3 Å². The van der Waals surface area contributed by atoms with Gasteiger partial charge in [-0.3, -0.25) is 14.5 Å². The molecule has 1 spiro atoms. The molecule has 2 heterocycles. The molecule has 0 unspecified atom stereocenters. The Balaban J connectivity index is 1.14. The average Bonchev–Trinajstić information content (AvgIpc) is 3.49. The summed E-state index contributed by atoms with van der Waals surface area (Å²) in [5.74, 6) is -0.858. The van der Waals surface area contributed by atoms with Crippen LogP contribution in [0.3, 0.4) is 0 Å². The Morgan fingerprint density at radius 2 is 1.87 bits per heavy atom. The van der Waals surface area contributed by atoms with E-state index in [0.29, 0.717) is 19.3 Å². The van der Waals surface area contributed by atoms with E-state index in [-0.39, 0.29) is 41.9 Å². The number of fused-ring (bicyclic) bond motifs is 2. The van der Waals surface area contributed by atoms with E-state index in [0.717, 1.165) is 50.9 Å². The predicted octanol–water partition coefficient (Wildman–Crippen LogP) is 5.10. The van der Waals surface area contributed by atoms with Gasteiger partial charge >= 0.3 is 6.18 Å². The minimum atomic E-state index is -4.54. The Morgan fingerprint density at radius 3 is 2.62 bits per heavy atom. The van der Waals surface area contributed by atoms with Crippen LogP contribution < -0.4 is 5.32 Å². The number of benzene rings is 2. The van der Waals surface area contributed by atoms with Crippen molar-refractivity contribution in [2.75, 3.05) is 26.2 Å². The Hall–Kier alpha value is -2.75. The molecule has 1 saturated carbocycles. The molecule has 2 aromatic carbocycles. The number of amides is 1. The molecule has 1 N–H and O–H groups in total. The second-order valence-corrected chi connectivity index (χ2v) is 10.9. The van der Waals surface area contributed by atoms with Crippen molar-refractivity contribution in [3.8, 4) is 0 Å².